The molecule has 1 fully saturated rings. The van der Waals surface area contributed by atoms with Crippen LogP contribution < -0.4 is 10.6 Å². The van der Waals surface area contributed by atoms with Crippen LogP contribution in [-0.2, 0) is 4.79 Å². The Kier molecular flexibility index (Phi) is 5.20. The molecule has 0 spiro atoms. The Labute approximate surface area is 146 Å². The zero-order valence-electron chi connectivity index (χ0n) is 13.5. The number of aryl methyl sites for hydroxylation is 1. The van der Waals surface area contributed by atoms with E-state index < -0.39 is 0 Å². The van der Waals surface area contributed by atoms with Crippen LogP contribution >= 0.6 is 11.8 Å². The van der Waals surface area contributed by atoms with Crippen molar-refractivity contribution in [3.05, 3.63) is 59.7 Å². The van der Waals surface area contributed by atoms with E-state index in [2.05, 4.69) is 10.6 Å². The predicted molar refractivity (Wildman–Crippen MR) is 97.5 cm³/mol. The molecule has 124 valence electrons. The first-order valence-corrected chi connectivity index (χ1v) is 8.99. The van der Waals surface area contributed by atoms with Crippen LogP contribution in [-0.4, -0.2) is 23.6 Å². The van der Waals surface area contributed by atoms with Gasteiger partial charge in [0.1, 0.15) is 0 Å². The highest BCUT2D eigenvalue weighted by Gasteiger charge is 2.23. The van der Waals surface area contributed by atoms with Gasteiger partial charge in [-0.05, 0) is 50.1 Å². The van der Waals surface area contributed by atoms with E-state index in [-0.39, 0.29) is 11.8 Å². The molecule has 1 aliphatic carbocycles. The van der Waals surface area contributed by atoms with Gasteiger partial charge in [0.25, 0.3) is 5.91 Å². The molecule has 2 amide bonds. The summed E-state index contributed by atoms with van der Waals surface area (Å²) < 4.78 is 0. The summed E-state index contributed by atoms with van der Waals surface area (Å²) >= 11 is 1.49. The molecule has 0 aliphatic heterocycles. The summed E-state index contributed by atoms with van der Waals surface area (Å²) in [4.78, 5) is 25.2. The Morgan fingerprint density at radius 2 is 1.88 bits per heavy atom. The normalized spacial score (nSPS) is 13.4. The first-order chi connectivity index (χ1) is 11.6. The molecule has 0 heterocycles. The summed E-state index contributed by atoms with van der Waals surface area (Å²) in [6.07, 6.45) is 2.11. The molecule has 0 aromatic heterocycles. The van der Waals surface area contributed by atoms with Gasteiger partial charge < -0.3 is 10.6 Å². The van der Waals surface area contributed by atoms with Crippen LogP contribution in [0, 0.1) is 6.92 Å². The summed E-state index contributed by atoms with van der Waals surface area (Å²) in [5, 5.41) is 5.79. The van der Waals surface area contributed by atoms with E-state index >= 15 is 0 Å². The first kappa shape index (κ1) is 16.6. The molecule has 1 aliphatic rings. The highest BCUT2D eigenvalue weighted by molar-refractivity contribution is 8.00. The van der Waals surface area contributed by atoms with E-state index in [9.17, 15) is 9.59 Å². The van der Waals surface area contributed by atoms with Gasteiger partial charge in [0.05, 0.1) is 5.75 Å². The van der Waals surface area contributed by atoms with Crippen molar-refractivity contribution >= 4 is 29.3 Å². The van der Waals surface area contributed by atoms with Crippen LogP contribution in [0.4, 0.5) is 5.69 Å². The maximum atomic E-state index is 12.1. The molecule has 0 atom stereocenters. The second kappa shape index (κ2) is 7.53. The van der Waals surface area contributed by atoms with Gasteiger partial charge in [-0.3, -0.25) is 9.59 Å². The Bertz CT molecular complexity index is 739. The van der Waals surface area contributed by atoms with Gasteiger partial charge >= 0.3 is 0 Å². The van der Waals surface area contributed by atoms with Gasteiger partial charge in [0, 0.05) is 22.2 Å². The molecule has 24 heavy (non-hydrogen) atoms. The van der Waals surface area contributed by atoms with E-state index in [1.54, 1.807) is 24.3 Å². The first-order valence-electron chi connectivity index (χ1n) is 8.00. The Morgan fingerprint density at radius 3 is 2.58 bits per heavy atom. The number of amides is 2. The van der Waals surface area contributed by atoms with Crippen molar-refractivity contribution in [2.24, 2.45) is 0 Å². The number of hydrogen-bond acceptors (Lipinski definition) is 3. The third kappa shape index (κ3) is 4.86. The van der Waals surface area contributed by atoms with Crippen LogP contribution in [0.25, 0.3) is 0 Å². The SMILES string of the molecule is Cc1ccc(SCC(=O)Nc2cccc(C(=O)NC3CC3)c2)cc1. The average Bonchev–Trinajstić information content (AvgIpc) is 3.38. The molecule has 1 saturated carbocycles. The van der Waals surface area contributed by atoms with Crippen LogP contribution in [0.15, 0.2) is 53.4 Å². The summed E-state index contributed by atoms with van der Waals surface area (Å²) in [7, 11) is 0. The van der Waals surface area contributed by atoms with E-state index in [1.807, 2.05) is 31.2 Å². The number of anilines is 1. The summed E-state index contributed by atoms with van der Waals surface area (Å²) in [5.74, 6) is 0.171. The fourth-order valence-electron chi connectivity index (χ4n) is 2.22. The van der Waals surface area contributed by atoms with Gasteiger partial charge in [-0.1, -0.05) is 23.8 Å². The fraction of sp³-hybridized carbons (Fsp3) is 0.263. The summed E-state index contributed by atoms with van der Waals surface area (Å²) in [6.45, 7) is 2.04. The molecule has 2 N–H and O–H groups in total. The molecule has 5 heteroatoms. The van der Waals surface area contributed by atoms with E-state index in [0.29, 0.717) is 23.0 Å². The quantitative estimate of drug-likeness (QED) is 0.790. The van der Waals surface area contributed by atoms with E-state index in [1.165, 1.54) is 17.3 Å². The predicted octanol–water partition coefficient (Wildman–Crippen LogP) is 3.62. The van der Waals surface area contributed by atoms with E-state index in [0.717, 1.165) is 17.7 Å². The number of hydrogen-bond donors (Lipinski definition) is 2. The van der Waals surface area contributed by atoms with Crippen molar-refractivity contribution in [2.75, 3.05) is 11.1 Å². The lowest BCUT2D eigenvalue weighted by atomic mass is 10.2. The lowest BCUT2D eigenvalue weighted by Crippen LogP contribution is -2.25. The number of rotatable bonds is 6. The van der Waals surface area contributed by atoms with Gasteiger partial charge in [0.15, 0.2) is 0 Å². The minimum Gasteiger partial charge on any atom is -0.349 e. The van der Waals surface area contributed by atoms with Crippen molar-refractivity contribution in [2.45, 2.75) is 30.7 Å². The van der Waals surface area contributed by atoms with E-state index in [4.69, 9.17) is 0 Å². The zero-order chi connectivity index (χ0) is 16.9. The Balaban J connectivity index is 1.53. The van der Waals surface area contributed by atoms with Gasteiger partial charge in [-0.2, -0.15) is 0 Å². The standard InChI is InChI=1S/C19H20N2O2S/c1-13-5-9-17(10-6-13)24-12-18(22)20-16-4-2-3-14(11-16)19(23)21-15-7-8-15/h2-6,9-11,15H,7-8,12H2,1H3,(H,20,22)(H,21,23). The summed E-state index contributed by atoms with van der Waals surface area (Å²) in [5.41, 5.74) is 2.42. The van der Waals surface area contributed by atoms with Crippen LogP contribution in [0.5, 0.6) is 0 Å². The monoisotopic (exact) mass is 340 g/mol. The largest absolute Gasteiger partial charge is 0.349 e. The van der Waals surface area contributed by atoms with Crippen molar-refractivity contribution in [1.82, 2.24) is 5.32 Å². The molecule has 2 aromatic carbocycles. The number of benzene rings is 2. The Hall–Kier alpha value is -2.27. The third-order valence-corrected chi connectivity index (χ3v) is 4.72. The van der Waals surface area contributed by atoms with Crippen molar-refractivity contribution in [1.29, 1.82) is 0 Å². The highest BCUT2D eigenvalue weighted by atomic mass is 32.2. The van der Waals surface area contributed by atoms with Crippen LogP contribution in [0.1, 0.15) is 28.8 Å². The molecule has 2 aromatic rings. The Morgan fingerprint density at radius 1 is 1.12 bits per heavy atom. The number of nitrogens with one attached hydrogen (secondary N) is 2. The molecule has 0 saturated heterocycles. The van der Waals surface area contributed by atoms with Gasteiger partial charge in [-0.15, -0.1) is 11.8 Å². The molecule has 4 nitrogen and oxygen atoms in total. The maximum Gasteiger partial charge on any atom is 0.251 e. The number of carbonyl (C=O) groups is 2. The lowest BCUT2D eigenvalue weighted by molar-refractivity contribution is -0.113. The van der Waals surface area contributed by atoms with Crippen molar-refractivity contribution < 1.29 is 9.59 Å². The molecule has 0 bridgehead atoms. The lowest BCUT2D eigenvalue weighted by Gasteiger charge is -2.08. The van der Waals surface area contributed by atoms with Crippen molar-refractivity contribution in [3.63, 3.8) is 0 Å². The van der Waals surface area contributed by atoms with Crippen molar-refractivity contribution in [3.8, 4) is 0 Å². The molecular weight excluding hydrogens is 320 g/mol. The second-order valence-electron chi connectivity index (χ2n) is 5.98. The van der Waals surface area contributed by atoms with Crippen LogP contribution in [0.2, 0.25) is 0 Å². The van der Waals surface area contributed by atoms with Crippen LogP contribution in [0.3, 0.4) is 0 Å². The van der Waals surface area contributed by atoms with Gasteiger partial charge in [0.2, 0.25) is 5.91 Å². The van der Waals surface area contributed by atoms with Gasteiger partial charge in [-0.25, -0.2) is 0 Å². The topological polar surface area (TPSA) is 58.2 Å². The zero-order valence-corrected chi connectivity index (χ0v) is 14.4. The molecular formula is C19H20N2O2S. The minimum absolute atomic E-state index is 0.0809. The number of carbonyl (C=O) groups excluding carboxylic acids is 2. The smallest absolute Gasteiger partial charge is 0.251 e. The maximum absolute atomic E-state index is 12.1. The second-order valence-corrected chi connectivity index (χ2v) is 7.03. The average molecular weight is 340 g/mol. The fourth-order valence-corrected chi connectivity index (χ4v) is 2.91. The number of thioether (sulfide) groups is 1. The highest BCUT2D eigenvalue weighted by Crippen LogP contribution is 2.21. The molecule has 0 radical (unpaired) electrons. The third-order valence-electron chi connectivity index (χ3n) is 3.71. The molecule has 3 rings (SSSR count). The summed E-state index contributed by atoms with van der Waals surface area (Å²) in [6, 6.07) is 15.5. The minimum atomic E-state index is -0.0830. The molecule has 0 unspecified atom stereocenters.